The number of aryl methyl sites for hydroxylation is 2. The molecule has 108 valence electrons. The van der Waals surface area contributed by atoms with Gasteiger partial charge >= 0.3 is 0 Å². The predicted octanol–water partition coefficient (Wildman–Crippen LogP) is 1.38. The van der Waals surface area contributed by atoms with E-state index in [0.29, 0.717) is 12.2 Å². The van der Waals surface area contributed by atoms with Crippen molar-refractivity contribution in [2.24, 2.45) is 7.05 Å². The second-order valence-electron chi connectivity index (χ2n) is 5.02. The zero-order valence-corrected chi connectivity index (χ0v) is 12.5. The van der Waals surface area contributed by atoms with Crippen LogP contribution in [-0.4, -0.2) is 52.4 Å². The summed E-state index contributed by atoms with van der Waals surface area (Å²) in [7, 11) is 5.24. The fourth-order valence-corrected chi connectivity index (χ4v) is 2.18. The Kier molecular flexibility index (Phi) is 4.04. The molecule has 20 heavy (non-hydrogen) atoms. The number of methoxy groups -OCH3 is 1. The lowest BCUT2D eigenvalue weighted by atomic mass is 10.1. The molecule has 1 atom stereocenters. The minimum absolute atomic E-state index is 0.0122. The molecule has 0 aliphatic carbocycles. The molecule has 0 saturated heterocycles. The minimum Gasteiger partial charge on any atom is -0.383 e. The molecule has 0 spiro atoms. The third kappa shape index (κ3) is 2.51. The molecule has 0 saturated carbocycles. The monoisotopic (exact) mass is 276 g/mol. The zero-order valence-electron chi connectivity index (χ0n) is 12.5. The lowest BCUT2D eigenvalue weighted by molar-refractivity contribution is 0.0633. The van der Waals surface area contributed by atoms with Gasteiger partial charge in [-0.05, 0) is 19.9 Å². The Balaban J connectivity index is 2.33. The molecule has 6 heteroatoms. The van der Waals surface area contributed by atoms with Crippen LogP contribution in [0.4, 0.5) is 0 Å². The molecule has 2 heterocycles. The number of nitrogens with zero attached hydrogens (tertiary/aromatic N) is 4. The van der Waals surface area contributed by atoms with Crippen molar-refractivity contribution in [3.63, 3.8) is 0 Å². The first kappa shape index (κ1) is 14.5. The Hall–Kier alpha value is -1.95. The normalized spacial score (nSPS) is 12.7. The van der Waals surface area contributed by atoms with Crippen molar-refractivity contribution >= 4 is 16.9 Å². The van der Waals surface area contributed by atoms with Gasteiger partial charge in [0.15, 0.2) is 5.65 Å². The number of ether oxygens (including phenoxy) is 1. The highest BCUT2D eigenvalue weighted by atomic mass is 16.5. The highest BCUT2D eigenvalue weighted by Crippen LogP contribution is 2.17. The molecule has 0 radical (unpaired) electrons. The van der Waals surface area contributed by atoms with Gasteiger partial charge in [0.1, 0.15) is 0 Å². The maximum atomic E-state index is 12.4. The van der Waals surface area contributed by atoms with Crippen molar-refractivity contribution in [2.45, 2.75) is 19.9 Å². The smallest absolute Gasteiger partial charge is 0.255 e. The van der Waals surface area contributed by atoms with E-state index >= 15 is 0 Å². The fourth-order valence-electron chi connectivity index (χ4n) is 2.18. The van der Waals surface area contributed by atoms with Crippen LogP contribution in [0.5, 0.6) is 0 Å². The average molecular weight is 276 g/mol. The second-order valence-corrected chi connectivity index (χ2v) is 5.02. The van der Waals surface area contributed by atoms with Crippen LogP contribution in [0.3, 0.4) is 0 Å². The third-order valence-corrected chi connectivity index (χ3v) is 3.50. The Labute approximate surface area is 118 Å². The maximum Gasteiger partial charge on any atom is 0.255 e. The van der Waals surface area contributed by atoms with Crippen molar-refractivity contribution in [3.05, 3.63) is 23.5 Å². The van der Waals surface area contributed by atoms with E-state index < -0.39 is 0 Å². The van der Waals surface area contributed by atoms with Gasteiger partial charge in [-0.3, -0.25) is 9.48 Å². The van der Waals surface area contributed by atoms with E-state index in [0.717, 1.165) is 16.7 Å². The van der Waals surface area contributed by atoms with Gasteiger partial charge in [-0.25, -0.2) is 4.98 Å². The van der Waals surface area contributed by atoms with E-state index in [-0.39, 0.29) is 11.9 Å². The summed E-state index contributed by atoms with van der Waals surface area (Å²) in [6.07, 6.45) is 1.60. The number of hydrogen-bond donors (Lipinski definition) is 0. The number of likely N-dealkylation sites (N-methyl/N-ethyl adjacent to an activating group) is 1. The first-order valence-corrected chi connectivity index (χ1v) is 6.51. The van der Waals surface area contributed by atoms with Crippen molar-refractivity contribution in [1.82, 2.24) is 19.7 Å². The quantitative estimate of drug-likeness (QED) is 0.846. The summed E-state index contributed by atoms with van der Waals surface area (Å²) in [4.78, 5) is 18.4. The Morgan fingerprint density at radius 2 is 2.25 bits per heavy atom. The standard InChI is InChI=1S/C14H20N4O2/c1-9(8-20-5)17(3)14(19)11-6-12-10(2)16-18(4)13(12)15-7-11/h6-7,9H,8H2,1-5H3. The summed E-state index contributed by atoms with van der Waals surface area (Å²) in [5, 5.41) is 5.22. The first-order valence-electron chi connectivity index (χ1n) is 6.51. The van der Waals surface area contributed by atoms with Gasteiger partial charge in [0.05, 0.1) is 23.9 Å². The van der Waals surface area contributed by atoms with E-state index in [1.54, 1.807) is 29.9 Å². The summed E-state index contributed by atoms with van der Waals surface area (Å²) in [5.41, 5.74) is 2.22. The number of aromatic nitrogens is 3. The summed E-state index contributed by atoms with van der Waals surface area (Å²) in [6, 6.07) is 1.86. The number of rotatable bonds is 4. The fraction of sp³-hybridized carbons (Fsp3) is 0.500. The Morgan fingerprint density at radius 1 is 1.55 bits per heavy atom. The molecule has 2 aromatic heterocycles. The van der Waals surface area contributed by atoms with Gasteiger partial charge < -0.3 is 9.64 Å². The van der Waals surface area contributed by atoms with Crippen LogP contribution in [0.25, 0.3) is 11.0 Å². The number of carbonyl (C=O) groups is 1. The molecular weight excluding hydrogens is 256 g/mol. The SMILES string of the molecule is COCC(C)N(C)C(=O)c1cnc2c(c1)c(C)nn2C. The van der Waals surface area contributed by atoms with E-state index in [9.17, 15) is 4.79 Å². The van der Waals surface area contributed by atoms with Crippen LogP contribution >= 0.6 is 0 Å². The van der Waals surface area contributed by atoms with Crippen molar-refractivity contribution < 1.29 is 9.53 Å². The largest absolute Gasteiger partial charge is 0.383 e. The third-order valence-electron chi connectivity index (χ3n) is 3.50. The van der Waals surface area contributed by atoms with E-state index in [4.69, 9.17) is 4.74 Å². The van der Waals surface area contributed by atoms with Crippen LogP contribution < -0.4 is 0 Å². The molecule has 0 aliphatic heterocycles. The van der Waals surface area contributed by atoms with Crippen molar-refractivity contribution in [1.29, 1.82) is 0 Å². The van der Waals surface area contributed by atoms with Gasteiger partial charge in [0.25, 0.3) is 5.91 Å². The number of carbonyl (C=O) groups excluding carboxylic acids is 1. The molecule has 1 amide bonds. The van der Waals surface area contributed by atoms with Crippen LogP contribution in [0, 0.1) is 6.92 Å². The van der Waals surface area contributed by atoms with Crippen LogP contribution in [0.1, 0.15) is 23.0 Å². The molecule has 0 aromatic carbocycles. The van der Waals surface area contributed by atoms with E-state index in [2.05, 4.69) is 10.1 Å². The summed E-state index contributed by atoms with van der Waals surface area (Å²) in [5.74, 6) is -0.0628. The van der Waals surface area contributed by atoms with Crippen LogP contribution in [0.15, 0.2) is 12.3 Å². The molecule has 2 aromatic rings. The Morgan fingerprint density at radius 3 is 2.90 bits per heavy atom. The van der Waals surface area contributed by atoms with Gasteiger partial charge in [-0.2, -0.15) is 5.10 Å². The molecule has 0 N–H and O–H groups in total. The molecule has 2 rings (SSSR count). The molecule has 6 nitrogen and oxygen atoms in total. The first-order chi connectivity index (χ1) is 9.45. The summed E-state index contributed by atoms with van der Waals surface area (Å²) < 4.78 is 6.80. The number of hydrogen-bond acceptors (Lipinski definition) is 4. The number of pyridine rings is 1. The van der Waals surface area contributed by atoms with E-state index in [1.807, 2.05) is 27.0 Å². The number of amides is 1. The average Bonchev–Trinajstić information content (AvgIpc) is 2.72. The number of fused-ring (bicyclic) bond motifs is 1. The Bertz CT molecular complexity index is 635. The highest BCUT2D eigenvalue weighted by Gasteiger charge is 2.19. The molecule has 0 fully saturated rings. The van der Waals surface area contributed by atoms with Crippen molar-refractivity contribution in [3.8, 4) is 0 Å². The van der Waals surface area contributed by atoms with Crippen LogP contribution in [0.2, 0.25) is 0 Å². The lowest BCUT2D eigenvalue weighted by Gasteiger charge is -2.24. The highest BCUT2D eigenvalue weighted by molar-refractivity contribution is 5.97. The van der Waals surface area contributed by atoms with E-state index in [1.165, 1.54) is 0 Å². The lowest BCUT2D eigenvalue weighted by Crippen LogP contribution is -2.37. The van der Waals surface area contributed by atoms with Gasteiger partial charge in [-0.1, -0.05) is 0 Å². The molecule has 0 aliphatic rings. The van der Waals surface area contributed by atoms with Gasteiger partial charge in [0, 0.05) is 32.8 Å². The second kappa shape index (κ2) is 5.58. The summed E-state index contributed by atoms with van der Waals surface area (Å²) in [6.45, 7) is 4.36. The van der Waals surface area contributed by atoms with Crippen molar-refractivity contribution in [2.75, 3.05) is 20.8 Å². The predicted molar refractivity (Wildman–Crippen MR) is 76.7 cm³/mol. The topological polar surface area (TPSA) is 60.2 Å². The van der Waals surface area contributed by atoms with Gasteiger partial charge in [-0.15, -0.1) is 0 Å². The minimum atomic E-state index is -0.0628. The summed E-state index contributed by atoms with van der Waals surface area (Å²) >= 11 is 0. The molecule has 1 unspecified atom stereocenters. The van der Waals surface area contributed by atoms with Gasteiger partial charge in [0.2, 0.25) is 0 Å². The van der Waals surface area contributed by atoms with Crippen LogP contribution in [-0.2, 0) is 11.8 Å². The maximum absolute atomic E-state index is 12.4. The zero-order chi connectivity index (χ0) is 14.9. The molecule has 0 bridgehead atoms. The molecular formula is C14H20N4O2.